The van der Waals surface area contributed by atoms with Gasteiger partial charge in [-0.15, -0.1) is 0 Å². The quantitative estimate of drug-likeness (QED) is 0.349. The standard InChI is InChI=1S/C7H15O8P/c1-4(8)7(2,11)6(10)5(9)3-15-16(12,13)14/h4,6,8,10-11H,3H2,1-2H3,(H2,12,13,14). The average molecular weight is 258 g/mol. The molecule has 0 bridgehead atoms. The molecular formula is C7H15O8P. The number of hydrogen-bond donors (Lipinski definition) is 5. The van der Waals surface area contributed by atoms with E-state index in [2.05, 4.69) is 4.52 Å². The van der Waals surface area contributed by atoms with Crippen LogP contribution in [-0.2, 0) is 13.9 Å². The summed E-state index contributed by atoms with van der Waals surface area (Å²) in [7, 11) is -4.81. The molecule has 0 amide bonds. The molecule has 16 heavy (non-hydrogen) atoms. The maximum atomic E-state index is 11.2. The Hall–Kier alpha value is -0.340. The zero-order chi connectivity index (χ0) is 13.1. The molecule has 0 radical (unpaired) electrons. The van der Waals surface area contributed by atoms with Gasteiger partial charge in [-0.1, -0.05) is 0 Å². The molecule has 0 aliphatic heterocycles. The number of carbonyl (C=O) groups is 1. The van der Waals surface area contributed by atoms with Crippen molar-refractivity contribution in [1.82, 2.24) is 0 Å². The van der Waals surface area contributed by atoms with Gasteiger partial charge >= 0.3 is 7.82 Å². The molecule has 0 saturated carbocycles. The van der Waals surface area contributed by atoms with E-state index in [1.165, 1.54) is 0 Å². The fraction of sp³-hybridized carbons (Fsp3) is 0.857. The molecule has 96 valence electrons. The highest BCUT2D eigenvalue weighted by Gasteiger charge is 2.40. The predicted octanol–water partition coefficient (Wildman–Crippen LogP) is -1.84. The van der Waals surface area contributed by atoms with Crippen LogP contribution < -0.4 is 0 Å². The molecule has 0 rings (SSSR count). The third-order valence-corrected chi connectivity index (χ3v) is 2.54. The summed E-state index contributed by atoms with van der Waals surface area (Å²) in [5.41, 5.74) is -2.12. The van der Waals surface area contributed by atoms with Gasteiger partial charge in [0.15, 0.2) is 5.78 Å². The van der Waals surface area contributed by atoms with E-state index in [9.17, 15) is 19.6 Å². The number of Topliss-reactive ketones (excluding diaryl/α,β-unsaturated/α-hetero) is 1. The number of aliphatic hydroxyl groups excluding tert-OH is 2. The van der Waals surface area contributed by atoms with Gasteiger partial charge in [0.2, 0.25) is 0 Å². The highest BCUT2D eigenvalue weighted by molar-refractivity contribution is 7.46. The van der Waals surface area contributed by atoms with E-state index in [4.69, 9.17) is 14.9 Å². The summed E-state index contributed by atoms with van der Waals surface area (Å²) in [4.78, 5) is 27.8. The first kappa shape index (κ1) is 15.7. The first-order valence-electron chi connectivity index (χ1n) is 4.29. The maximum Gasteiger partial charge on any atom is 0.470 e. The number of phosphoric ester groups is 1. The Morgan fingerprint density at radius 1 is 1.44 bits per heavy atom. The lowest BCUT2D eigenvalue weighted by Crippen LogP contribution is -2.52. The first-order valence-corrected chi connectivity index (χ1v) is 5.83. The van der Waals surface area contributed by atoms with Gasteiger partial charge in [-0.05, 0) is 13.8 Å². The number of hydrogen-bond acceptors (Lipinski definition) is 6. The van der Waals surface area contributed by atoms with Crippen molar-refractivity contribution in [3.63, 3.8) is 0 Å². The van der Waals surface area contributed by atoms with Crippen molar-refractivity contribution in [2.75, 3.05) is 6.61 Å². The van der Waals surface area contributed by atoms with Crippen LogP contribution in [0.5, 0.6) is 0 Å². The summed E-state index contributed by atoms with van der Waals surface area (Å²) >= 11 is 0. The molecule has 0 aliphatic carbocycles. The van der Waals surface area contributed by atoms with Crippen molar-refractivity contribution in [3.8, 4) is 0 Å². The third kappa shape index (κ3) is 4.67. The van der Waals surface area contributed by atoms with Crippen molar-refractivity contribution in [3.05, 3.63) is 0 Å². The second-order valence-corrected chi connectivity index (χ2v) is 4.77. The normalized spacial score (nSPS) is 19.9. The summed E-state index contributed by atoms with van der Waals surface area (Å²) < 4.78 is 14.1. The lowest BCUT2D eigenvalue weighted by atomic mass is 9.91. The van der Waals surface area contributed by atoms with E-state index >= 15 is 0 Å². The molecule has 0 saturated heterocycles. The zero-order valence-electron chi connectivity index (χ0n) is 8.77. The van der Waals surface area contributed by atoms with Crippen LogP contribution in [0.2, 0.25) is 0 Å². The van der Waals surface area contributed by atoms with Crippen molar-refractivity contribution in [2.45, 2.75) is 31.7 Å². The molecule has 0 aromatic rings. The summed E-state index contributed by atoms with van der Waals surface area (Å²) in [6.07, 6.45) is -3.40. The van der Waals surface area contributed by atoms with Crippen LogP contribution in [0.15, 0.2) is 0 Å². The van der Waals surface area contributed by atoms with Crippen LogP contribution in [-0.4, -0.2) is 55.3 Å². The summed E-state index contributed by atoms with van der Waals surface area (Å²) in [5, 5.41) is 27.9. The summed E-state index contributed by atoms with van der Waals surface area (Å²) in [5.74, 6) is -1.14. The van der Waals surface area contributed by atoms with E-state index in [-0.39, 0.29) is 0 Å². The largest absolute Gasteiger partial charge is 0.470 e. The van der Waals surface area contributed by atoms with Gasteiger partial charge in [0.25, 0.3) is 0 Å². The Morgan fingerprint density at radius 2 is 1.88 bits per heavy atom. The first-order chi connectivity index (χ1) is 6.98. The molecule has 3 atom stereocenters. The third-order valence-electron chi connectivity index (χ3n) is 2.08. The van der Waals surface area contributed by atoms with Crippen molar-refractivity contribution in [2.24, 2.45) is 0 Å². The molecule has 5 N–H and O–H groups in total. The molecule has 8 nitrogen and oxygen atoms in total. The Kier molecular flexibility index (Phi) is 5.21. The lowest BCUT2D eigenvalue weighted by Gasteiger charge is -2.30. The number of phosphoric acid groups is 1. The van der Waals surface area contributed by atoms with E-state index in [0.29, 0.717) is 0 Å². The second kappa shape index (κ2) is 5.33. The molecule has 0 aromatic carbocycles. The van der Waals surface area contributed by atoms with E-state index in [1.54, 1.807) is 0 Å². The van der Waals surface area contributed by atoms with Gasteiger partial charge in [0.05, 0.1) is 6.10 Å². The van der Waals surface area contributed by atoms with Crippen LogP contribution in [0.25, 0.3) is 0 Å². The van der Waals surface area contributed by atoms with Gasteiger partial charge in [-0.3, -0.25) is 9.32 Å². The number of ketones is 1. The van der Waals surface area contributed by atoms with Crippen LogP contribution >= 0.6 is 7.82 Å². The van der Waals surface area contributed by atoms with Crippen molar-refractivity contribution >= 4 is 13.6 Å². The molecule has 0 aromatic heterocycles. The minimum Gasteiger partial charge on any atom is -0.390 e. The van der Waals surface area contributed by atoms with Crippen LogP contribution in [0.3, 0.4) is 0 Å². The average Bonchev–Trinajstić information content (AvgIpc) is 2.11. The Bertz CT molecular complexity index is 293. The van der Waals surface area contributed by atoms with Gasteiger partial charge in [0.1, 0.15) is 18.3 Å². The summed E-state index contributed by atoms with van der Waals surface area (Å²) in [6, 6.07) is 0. The maximum absolute atomic E-state index is 11.2. The van der Waals surface area contributed by atoms with Crippen LogP contribution in [0.4, 0.5) is 0 Å². The van der Waals surface area contributed by atoms with E-state index in [0.717, 1.165) is 13.8 Å². The second-order valence-electron chi connectivity index (χ2n) is 3.53. The van der Waals surface area contributed by atoms with Gasteiger partial charge in [-0.25, -0.2) is 4.57 Å². The van der Waals surface area contributed by atoms with E-state index in [1.807, 2.05) is 0 Å². The van der Waals surface area contributed by atoms with Gasteiger partial charge < -0.3 is 25.1 Å². The Balaban J connectivity index is 4.46. The molecule has 0 heterocycles. The van der Waals surface area contributed by atoms with Crippen molar-refractivity contribution in [1.29, 1.82) is 0 Å². The highest BCUT2D eigenvalue weighted by atomic mass is 31.2. The monoisotopic (exact) mass is 258 g/mol. The fourth-order valence-electron chi connectivity index (χ4n) is 0.781. The predicted molar refractivity (Wildman–Crippen MR) is 51.3 cm³/mol. The molecule has 0 fully saturated rings. The van der Waals surface area contributed by atoms with Gasteiger partial charge in [0, 0.05) is 0 Å². The molecule has 0 spiro atoms. The Morgan fingerprint density at radius 3 is 2.19 bits per heavy atom. The van der Waals surface area contributed by atoms with Gasteiger partial charge in [-0.2, -0.15) is 0 Å². The van der Waals surface area contributed by atoms with E-state index < -0.39 is 38.0 Å². The van der Waals surface area contributed by atoms with Crippen LogP contribution in [0.1, 0.15) is 13.8 Å². The fourth-order valence-corrected chi connectivity index (χ4v) is 1.08. The smallest absolute Gasteiger partial charge is 0.390 e. The lowest BCUT2D eigenvalue weighted by molar-refractivity contribution is -0.158. The topological polar surface area (TPSA) is 145 Å². The minimum atomic E-state index is -4.81. The number of aliphatic hydroxyl groups is 3. The molecule has 0 aliphatic rings. The number of rotatable bonds is 6. The molecule has 9 heteroatoms. The SMILES string of the molecule is CC(O)C(C)(O)C(O)C(=O)COP(=O)(O)O. The molecule has 3 unspecified atom stereocenters. The highest BCUT2D eigenvalue weighted by Crippen LogP contribution is 2.35. The number of carbonyl (C=O) groups excluding carboxylic acids is 1. The Labute approximate surface area is 91.7 Å². The summed E-state index contributed by atoms with van der Waals surface area (Å²) in [6.45, 7) is 1.10. The molecular weight excluding hydrogens is 243 g/mol. The minimum absolute atomic E-state index is 1.01. The zero-order valence-corrected chi connectivity index (χ0v) is 9.66. The van der Waals surface area contributed by atoms with Crippen LogP contribution in [0, 0.1) is 0 Å². The van der Waals surface area contributed by atoms with Crippen molar-refractivity contribution < 1.29 is 39.0 Å².